The Morgan fingerprint density at radius 2 is 1.35 bits per heavy atom. The minimum absolute atomic E-state index is 0.172. The van der Waals surface area contributed by atoms with E-state index in [1.54, 1.807) is 0 Å². The molecule has 0 saturated carbocycles. The molecule has 0 aromatic heterocycles. The Morgan fingerprint density at radius 3 is 1.81 bits per heavy atom. The third-order valence-corrected chi connectivity index (χ3v) is 39.9. The number of hydrogen-bond acceptors (Lipinski definition) is 1. The van der Waals surface area contributed by atoms with Crippen LogP contribution >= 0.6 is 0 Å². The molecule has 1 aliphatic rings. The molecular weight excluding hydrogens is 364 g/mol. The lowest BCUT2D eigenvalue weighted by Crippen LogP contribution is -2.87. The first kappa shape index (κ1) is 19.3. The van der Waals surface area contributed by atoms with Gasteiger partial charge in [-0.2, -0.15) is 0 Å². The van der Waals surface area contributed by atoms with Crippen molar-refractivity contribution in [3.05, 3.63) is 85.2 Å². The van der Waals surface area contributed by atoms with Crippen LogP contribution in [0.2, 0.25) is 19.1 Å². The summed E-state index contributed by atoms with van der Waals surface area (Å²) in [6, 6.07) is 23.1. The monoisotopic (exact) mass is 394 g/mol. The molecule has 26 heavy (non-hydrogen) atoms. The van der Waals surface area contributed by atoms with E-state index in [9.17, 15) is 0 Å². The summed E-state index contributed by atoms with van der Waals surface area (Å²) in [5.74, 6) is 0. The highest BCUT2D eigenvalue weighted by molar-refractivity contribution is 7.74. The molecule has 0 radical (unpaired) electrons. The van der Waals surface area contributed by atoms with Crippen molar-refractivity contribution in [2.75, 3.05) is 0 Å². The van der Waals surface area contributed by atoms with Crippen LogP contribution in [0.5, 0.6) is 0 Å². The van der Waals surface area contributed by atoms with Crippen LogP contribution in [-0.4, -0.2) is 28.1 Å². The fourth-order valence-electron chi connectivity index (χ4n) is 4.99. The van der Waals surface area contributed by atoms with Crippen molar-refractivity contribution < 1.29 is 4.43 Å². The maximum atomic E-state index is 7.06. The van der Waals surface area contributed by atoms with Gasteiger partial charge in [0.2, 0.25) is 7.83 Å². The molecule has 0 aliphatic carbocycles. The first-order chi connectivity index (χ1) is 12.2. The Labute approximate surface area is 161 Å². The van der Waals surface area contributed by atoms with E-state index in [1.165, 1.54) is 10.4 Å². The van der Waals surface area contributed by atoms with Crippen LogP contribution in [0.1, 0.15) is 13.8 Å². The Balaban J connectivity index is 2.34. The lowest BCUT2D eigenvalue weighted by molar-refractivity contribution is 0.127. The fraction of sp³-hybridized carbons (Fsp3) is 0.273. The second-order valence-corrected chi connectivity index (χ2v) is 31.6. The lowest BCUT2D eigenvalue weighted by Gasteiger charge is -2.60. The third kappa shape index (κ3) is 2.67. The quantitative estimate of drug-likeness (QED) is 0.702. The molecule has 2 unspecified atom stereocenters. The molecule has 0 N–H and O–H groups in total. The minimum atomic E-state index is -2.34. The van der Waals surface area contributed by atoms with Gasteiger partial charge in [-0.05, 0) is 25.1 Å². The molecule has 1 fully saturated rings. The maximum Gasteiger partial charge on any atom is 0.231 e. The number of hydrogen-bond donors (Lipinski definition) is 0. The molecule has 0 spiro atoms. The standard InChI is InChI=1S/C22H30OSi3/c1-7-25(20-15-11-9-12-16-20)19-22(3,4)23-26(8-2,24(25,5)6)21-17-13-10-14-18-21/h7-18H,1-2,19H2,3-6H3. The Morgan fingerprint density at radius 1 is 0.846 bits per heavy atom. The molecule has 1 heterocycles. The van der Waals surface area contributed by atoms with E-state index in [0.29, 0.717) is 0 Å². The van der Waals surface area contributed by atoms with Crippen LogP contribution in [0, 0.1) is 0 Å². The molecule has 3 rings (SSSR count). The fourth-order valence-corrected chi connectivity index (χ4v) is 40.0. The van der Waals surface area contributed by atoms with Gasteiger partial charge in [0.25, 0.3) is 0 Å². The molecule has 1 nitrogen and oxygen atoms in total. The summed E-state index contributed by atoms with van der Waals surface area (Å²) in [7, 11) is -6.21. The van der Waals surface area contributed by atoms with Crippen LogP contribution in [0.25, 0.3) is 0 Å². The van der Waals surface area contributed by atoms with E-state index in [4.69, 9.17) is 4.43 Å². The van der Waals surface area contributed by atoms with Gasteiger partial charge in [-0.15, -0.1) is 13.2 Å². The van der Waals surface area contributed by atoms with E-state index in [1.807, 2.05) is 0 Å². The predicted molar refractivity (Wildman–Crippen MR) is 122 cm³/mol. The Bertz CT molecular complexity index is 735. The van der Waals surface area contributed by atoms with Crippen molar-refractivity contribution in [1.29, 1.82) is 0 Å². The van der Waals surface area contributed by atoms with Gasteiger partial charge >= 0.3 is 0 Å². The molecule has 1 saturated heterocycles. The van der Waals surface area contributed by atoms with Gasteiger partial charge < -0.3 is 4.43 Å². The van der Waals surface area contributed by atoms with Crippen LogP contribution in [0.3, 0.4) is 0 Å². The highest BCUT2D eigenvalue weighted by atomic mass is 29.6. The third-order valence-electron chi connectivity index (χ3n) is 6.31. The van der Waals surface area contributed by atoms with E-state index in [2.05, 4.69) is 112 Å². The van der Waals surface area contributed by atoms with Crippen molar-refractivity contribution >= 4 is 32.9 Å². The zero-order valence-electron chi connectivity index (χ0n) is 16.5. The summed E-state index contributed by atoms with van der Waals surface area (Å²) in [5, 5.41) is 2.88. The summed E-state index contributed by atoms with van der Waals surface area (Å²) in [6.45, 7) is 18.4. The highest BCUT2D eigenvalue weighted by Crippen LogP contribution is 2.44. The smallest absolute Gasteiger partial charge is 0.231 e. The van der Waals surface area contributed by atoms with E-state index < -0.39 is 22.5 Å². The van der Waals surface area contributed by atoms with Gasteiger partial charge in [-0.25, -0.2) is 0 Å². The first-order valence-corrected chi connectivity index (χ1v) is 18.6. The average molecular weight is 395 g/mol. The average Bonchev–Trinajstić information content (AvgIpc) is 2.64. The summed E-state index contributed by atoms with van der Waals surface area (Å²) >= 11 is 0. The predicted octanol–water partition coefficient (Wildman–Crippen LogP) is 4.32. The van der Waals surface area contributed by atoms with Crippen molar-refractivity contribution in [2.45, 2.75) is 38.6 Å². The zero-order chi connectivity index (χ0) is 19.1. The molecular formula is C22H30OSi3. The topological polar surface area (TPSA) is 9.23 Å². The Kier molecular flexibility index (Phi) is 4.90. The second-order valence-electron chi connectivity index (χ2n) is 8.51. The van der Waals surface area contributed by atoms with Crippen molar-refractivity contribution in [2.24, 2.45) is 0 Å². The largest absolute Gasteiger partial charge is 0.407 e. The number of benzene rings is 2. The SMILES string of the molecule is C=C[Si]1(c2ccccc2)CC(C)(C)O[Si](C=C)(c2ccccc2)[Si]1(C)C. The van der Waals surface area contributed by atoms with Crippen LogP contribution in [-0.2, 0) is 4.43 Å². The molecule has 0 amide bonds. The summed E-state index contributed by atoms with van der Waals surface area (Å²) in [5.41, 5.74) is 4.42. The highest BCUT2D eigenvalue weighted by Gasteiger charge is 2.67. The molecule has 4 heteroatoms. The van der Waals surface area contributed by atoms with Gasteiger partial charge in [0.05, 0.1) is 7.11 Å². The van der Waals surface area contributed by atoms with Crippen molar-refractivity contribution in [3.63, 3.8) is 0 Å². The zero-order valence-corrected chi connectivity index (χ0v) is 19.5. The summed E-state index contributed by atoms with van der Waals surface area (Å²) in [4.78, 5) is 0. The summed E-state index contributed by atoms with van der Waals surface area (Å²) in [6.07, 6.45) is 0. The van der Waals surface area contributed by atoms with Crippen LogP contribution in [0.15, 0.2) is 85.2 Å². The normalized spacial score (nSPS) is 29.7. The van der Waals surface area contributed by atoms with E-state index >= 15 is 0 Å². The first-order valence-electron chi connectivity index (χ1n) is 9.33. The Hall–Kier alpha value is -1.47. The van der Waals surface area contributed by atoms with Gasteiger partial charge in [-0.1, -0.05) is 90.3 Å². The second kappa shape index (κ2) is 6.60. The number of rotatable bonds is 4. The van der Waals surface area contributed by atoms with Gasteiger partial charge in [0.15, 0.2) is 0 Å². The minimum Gasteiger partial charge on any atom is -0.407 e. The van der Waals surface area contributed by atoms with Crippen LogP contribution in [0.4, 0.5) is 0 Å². The van der Waals surface area contributed by atoms with Gasteiger partial charge in [0, 0.05) is 5.60 Å². The summed E-state index contributed by atoms with van der Waals surface area (Å²) < 4.78 is 7.06. The molecule has 1 aliphatic heterocycles. The molecule has 136 valence electrons. The molecule has 2 atom stereocenters. The van der Waals surface area contributed by atoms with Gasteiger partial charge in [0.1, 0.15) is 7.59 Å². The van der Waals surface area contributed by atoms with E-state index in [-0.39, 0.29) is 5.60 Å². The maximum absolute atomic E-state index is 7.06. The lowest BCUT2D eigenvalue weighted by atomic mass is 10.2. The van der Waals surface area contributed by atoms with E-state index in [0.717, 1.165) is 6.04 Å². The van der Waals surface area contributed by atoms with Crippen molar-refractivity contribution in [1.82, 2.24) is 0 Å². The van der Waals surface area contributed by atoms with Crippen molar-refractivity contribution in [3.8, 4) is 0 Å². The van der Waals surface area contributed by atoms with Gasteiger partial charge in [-0.3, -0.25) is 0 Å². The molecule has 2 aromatic carbocycles. The molecule has 2 aromatic rings. The van der Waals surface area contributed by atoms with Crippen LogP contribution < -0.4 is 10.4 Å². The molecule has 0 bridgehead atoms.